The van der Waals surface area contributed by atoms with Crippen LogP contribution in [0.5, 0.6) is 0 Å². The topological polar surface area (TPSA) is 55.3 Å². The lowest BCUT2D eigenvalue weighted by molar-refractivity contribution is 0.0881. The van der Waals surface area contributed by atoms with Gasteiger partial charge in [0.25, 0.3) is 0 Å². The van der Waals surface area contributed by atoms with Crippen LogP contribution in [0, 0.1) is 5.41 Å². The van der Waals surface area contributed by atoms with Crippen LogP contribution in [0.15, 0.2) is 40.9 Å². The molecule has 0 bridgehead atoms. The number of piperidine rings is 1. The zero-order valence-corrected chi connectivity index (χ0v) is 14.0. The fourth-order valence-corrected chi connectivity index (χ4v) is 2.97. The summed E-state index contributed by atoms with van der Waals surface area (Å²) in [6, 6.07) is 12.4. The summed E-state index contributed by atoms with van der Waals surface area (Å²) in [5.41, 5.74) is 8.40. The van der Waals surface area contributed by atoms with E-state index >= 15 is 0 Å². The summed E-state index contributed by atoms with van der Waals surface area (Å²) < 4.78 is 5.46. The van der Waals surface area contributed by atoms with Gasteiger partial charge in [-0.1, -0.05) is 49.3 Å². The number of hydrogen-bond acceptors (Lipinski definition) is 4. The smallest absolute Gasteiger partial charge is 0.167 e. The van der Waals surface area contributed by atoms with E-state index in [1.807, 2.05) is 36.4 Å². The quantitative estimate of drug-likeness (QED) is 0.942. The van der Waals surface area contributed by atoms with E-state index in [2.05, 4.69) is 23.9 Å². The Balaban J connectivity index is 0.00000176. The van der Waals surface area contributed by atoms with Crippen molar-refractivity contribution in [3.63, 3.8) is 0 Å². The van der Waals surface area contributed by atoms with Gasteiger partial charge in [0.15, 0.2) is 5.76 Å². The molecule has 0 amide bonds. The summed E-state index contributed by atoms with van der Waals surface area (Å²) in [5.74, 6) is 0.832. The fourth-order valence-electron chi connectivity index (χ4n) is 2.97. The molecule has 1 saturated heterocycles. The molecule has 1 atom stereocenters. The van der Waals surface area contributed by atoms with E-state index in [0.29, 0.717) is 0 Å². The maximum absolute atomic E-state index is 6.19. The molecule has 1 aromatic carbocycles. The number of rotatable bonds is 3. The molecule has 3 rings (SSSR count). The van der Waals surface area contributed by atoms with Gasteiger partial charge in [-0.25, -0.2) is 0 Å². The van der Waals surface area contributed by atoms with Crippen LogP contribution in [-0.4, -0.2) is 29.2 Å². The Morgan fingerprint density at radius 3 is 2.73 bits per heavy atom. The van der Waals surface area contributed by atoms with E-state index < -0.39 is 0 Å². The summed E-state index contributed by atoms with van der Waals surface area (Å²) in [7, 11) is 0. The van der Waals surface area contributed by atoms with Crippen LogP contribution in [0.4, 0.5) is 0 Å². The van der Waals surface area contributed by atoms with Crippen LogP contribution in [0.3, 0.4) is 0 Å². The Hall–Kier alpha value is -1.36. The minimum atomic E-state index is 0. The molecular formula is C17H24ClN3O. The van der Waals surface area contributed by atoms with Gasteiger partial charge in [-0.3, -0.25) is 4.90 Å². The molecule has 2 aromatic rings. The van der Waals surface area contributed by atoms with Crippen molar-refractivity contribution >= 4 is 12.4 Å². The lowest BCUT2D eigenvalue weighted by atomic mass is 9.80. The van der Waals surface area contributed by atoms with Crippen molar-refractivity contribution in [1.82, 2.24) is 10.1 Å². The van der Waals surface area contributed by atoms with E-state index in [0.717, 1.165) is 43.1 Å². The Labute approximate surface area is 138 Å². The number of halogens is 1. The second-order valence-electron chi connectivity index (χ2n) is 6.64. The summed E-state index contributed by atoms with van der Waals surface area (Å²) in [5, 5.41) is 4.21. The number of nitrogens with zero attached hydrogens (tertiary/aromatic N) is 2. The molecule has 1 unspecified atom stereocenters. The molecule has 2 N–H and O–H groups in total. The third-order valence-electron chi connectivity index (χ3n) is 4.39. The van der Waals surface area contributed by atoms with Crippen molar-refractivity contribution in [2.75, 3.05) is 13.1 Å². The summed E-state index contributed by atoms with van der Waals surface area (Å²) in [6.07, 6.45) is 1.04. The highest BCUT2D eigenvalue weighted by Crippen LogP contribution is 2.29. The van der Waals surface area contributed by atoms with Crippen LogP contribution in [-0.2, 0) is 6.54 Å². The highest BCUT2D eigenvalue weighted by molar-refractivity contribution is 5.85. The third kappa shape index (κ3) is 3.69. The van der Waals surface area contributed by atoms with Crippen LogP contribution < -0.4 is 5.73 Å². The zero-order chi connectivity index (χ0) is 14.9. The molecule has 0 saturated carbocycles. The maximum Gasteiger partial charge on any atom is 0.167 e. The van der Waals surface area contributed by atoms with Crippen LogP contribution >= 0.6 is 12.4 Å². The second-order valence-corrected chi connectivity index (χ2v) is 6.64. The molecule has 22 heavy (non-hydrogen) atoms. The molecule has 120 valence electrons. The molecule has 5 heteroatoms. The Kier molecular flexibility index (Phi) is 5.27. The Bertz CT molecular complexity index is 597. The average Bonchev–Trinajstić information content (AvgIpc) is 2.92. The van der Waals surface area contributed by atoms with Crippen molar-refractivity contribution in [2.45, 2.75) is 32.9 Å². The lowest BCUT2D eigenvalue weighted by Crippen LogP contribution is -2.52. The van der Waals surface area contributed by atoms with Gasteiger partial charge in [-0.2, -0.15) is 0 Å². The largest absolute Gasteiger partial charge is 0.356 e. The van der Waals surface area contributed by atoms with Crippen molar-refractivity contribution in [3.05, 3.63) is 42.1 Å². The van der Waals surface area contributed by atoms with Gasteiger partial charge in [0.2, 0.25) is 0 Å². The molecule has 1 aliphatic heterocycles. The number of aromatic nitrogens is 1. The fraction of sp³-hybridized carbons (Fsp3) is 0.471. The van der Waals surface area contributed by atoms with E-state index in [1.54, 1.807) is 0 Å². The summed E-state index contributed by atoms with van der Waals surface area (Å²) >= 11 is 0. The van der Waals surface area contributed by atoms with E-state index in [1.165, 1.54) is 0 Å². The van der Waals surface area contributed by atoms with E-state index in [9.17, 15) is 0 Å². The van der Waals surface area contributed by atoms with Crippen LogP contribution in [0.2, 0.25) is 0 Å². The normalized spacial score (nSPS) is 21.3. The summed E-state index contributed by atoms with van der Waals surface area (Å²) in [6.45, 7) is 7.33. The number of benzene rings is 1. The molecular weight excluding hydrogens is 298 g/mol. The minimum Gasteiger partial charge on any atom is -0.356 e. The first kappa shape index (κ1) is 17.0. The highest BCUT2D eigenvalue weighted by Gasteiger charge is 2.33. The molecule has 4 nitrogen and oxygen atoms in total. The van der Waals surface area contributed by atoms with Gasteiger partial charge in [-0.05, 0) is 11.8 Å². The Morgan fingerprint density at radius 2 is 2.05 bits per heavy atom. The van der Waals surface area contributed by atoms with Gasteiger partial charge in [-0.15, -0.1) is 12.4 Å². The predicted molar refractivity (Wildman–Crippen MR) is 90.8 cm³/mol. The van der Waals surface area contributed by atoms with Crippen LogP contribution in [0.1, 0.15) is 26.0 Å². The lowest BCUT2D eigenvalue weighted by Gasteiger charge is -2.42. The predicted octanol–water partition coefficient (Wildman–Crippen LogP) is 3.32. The molecule has 0 aliphatic carbocycles. The van der Waals surface area contributed by atoms with E-state index in [4.69, 9.17) is 10.3 Å². The molecule has 1 fully saturated rings. The van der Waals surface area contributed by atoms with Gasteiger partial charge in [0, 0.05) is 37.3 Å². The molecule has 1 aliphatic rings. The SMILES string of the molecule is CC1(C)CN(Cc2cc(-c3ccccc3)on2)CCC1N.Cl. The van der Waals surface area contributed by atoms with Crippen LogP contribution in [0.25, 0.3) is 11.3 Å². The van der Waals surface area contributed by atoms with Gasteiger partial charge < -0.3 is 10.3 Å². The van der Waals surface area contributed by atoms with Crippen molar-refractivity contribution in [2.24, 2.45) is 11.1 Å². The standard InChI is InChI=1S/C17H23N3O.ClH/c1-17(2)12-20(9-8-16(17)18)11-14-10-15(21-19-14)13-6-4-3-5-7-13;/h3-7,10,16H,8-9,11-12,18H2,1-2H3;1H. The first-order valence-corrected chi connectivity index (χ1v) is 7.53. The number of nitrogens with two attached hydrogens (primary N) is 1. The van der Waals surface area contributed by atoms with Crippen molar-refractivity contribution in [3.8, 4) is 11.3 Å². The number of likely N-dealkylation sites (tertiary alicyclic amines) is 1. The second kappa shape index (κ2) is 6.82. The molecule has 0 radical (unpaired) electrons. The average molecular weight is 322 g/mol. The van der Waals surface area contributed by atoms with Gasteiger partial charge >= 0.3 is 0 Å². The summed E-state index contributed by atoms with van der Waals surface area (Å²) in [4.78, 5) is 2.41. The molecule has 0 spiro atoms. The maximum atomic E-state index is 6.19. The highest BCUT2D eigenvalue weighted by atomic mass is 35.5. The first-order chi connectivity index (χ1) is 10.0. The van der Waals surface area contributed by atoms with Crippen molar-refractivity contribution in [1.29, 1.82) is 0 Å². The molecule has 1 aromatic heterocycles. The minimum absolute atomic E-state index is 0. The van der Waals surface area contributed by atoms with Gasteiger partial charge in [0.1, 0.15) is 0 Å². The Morgan fingerprint density at radius 1 is 1.32 bits per heavy atom. The van der Waals surface area contributed by atoms with Gasteiger partial charge in [0.05, 0.1) is 5.69 Å². The number of hydrogen-bond donors (Lipinski definition) is 1. The zero-order valence-electron chi connectivity index (χ0n) is 13.2. The third-order valence-corrected chi connectivity index (χ3v) is 4.39. The first-order valence-electron chi connectivity index (χ1n) is 7.53. The monoisotopic (exact) mass is 321 g/mol. The van der Waals surface area contributed by atoms with E-state index in [-0.39, 0.29) is 23.9 Å². The van der Waals surface area contributed by atoms with Crippen molar-refractivity contribution < 1.29 is 4.52 Å². The molecule has 2 heterocycles.